The van der Waals surface area contributed by atoms with Gasteiger partial charge in [-0.2, -0.15) is 4.31 Å². The number of carbonyl (C=O) groups excluding carboxylic acids is 1. The van der Waals surface area contributed by atoms with E-state index in [1.165, 1.54) is 41.8 Å². The van der Waals surface area contributed by atoms with Crippen LogP contribution < -0.4 is 14.8 Å². The second-order valence-electron chi connectivity index (χ2n) is 12.2. The molecule has 9 heteroatoms. The number of nitrogens with one attached hydrogen (secondary N) is 1. The van der Waals surface area contributed by atoms with Crippen molar-refractivity contribution in [2.75, 3.05) is 20.8 Å². The molecular formula is C39H46N2O6S. The van der Waals surface area contributed by atoms with Crippen molar-refractivity contribution in [1.29, 1.82) is 0 Å². The third-order valence-electron chi connectivity index (χ3n) is 8.88. The molecule has 48 heavy (non-hydrogen) atoms. The molecule has 1 N–H and O–H groups in total. The number of methoxy groups -OCH3 is 2. The average molecular weight is 671 g/mol. The topological polar surface area (TPSA) is 94.2 Å². The fraction of sp³-hybridized carbons (Fsp3) is 0.359. The summed E-state index contributed by atoms with van der Waals surface area (Å²) in [6.45, 7) is 0.389. The Morgan fingerprint density at radius 3 is 1.85 bits per heavy atom. The molecule has 8 nitrogen and oxygen atoms in total. The van der Waals surface area contributed by atoms with Crippen molar-refractivity contribution < 1.29 is 27.4 Å². The van der Waals surface area contributed by atoms with Crippen LogP contribution in [0.4, 0.5) is 0 Å². The van der Waals surface area contributed by atoms with Crippen LogP contribution in [0.15, 0.2) is 114 Å². The lowest BCUT2D eigenvalue weighted by atomic mass is 9.98. The zero-order valence-electron chi connectivity index (χ0n) is 27.8. The number of rotatable bonds is 17. The van der Waals surface area contributed by atoms with Gasteiger partial charge in [-0.05, 0) is 67.3 Å². The first-order valence-electron chi connectivity index (χ1n) is 16.6. The fourth-order valence-corrected chi connectivity index (χ4v) is 7.92. The van der Waals surface area contributed by atoms with E-state index < -0.39 is 22.2 Å². The van der Waals surface area contributed by atoms with E-state index in [2.05, 4.69) is 29.6 Å². The second kappa shape index (κ2) is 17.3. The predicted octanol–water partition coefficient (Wildman–Crippen LogP) is 6.58. The SMILES string of the molecule is COc1ccc(S(=O)(=O)N2CC(OCc3ccccc3)CC2C(=O)NC(CCCc2ccccc2)CCCc2ccccc2)cc1OC. The maximum Gasteiger partial charge on any atom is 0.244 e. The van der Waals surface area contributed by atoms with Crippen molar-refractivity contribution in [2.45, 2.75) is 74.6 Å². The highest BCUT2D eigenvalue weighted by atomic mass is 32.2. The van der Waals surface area contributed by atoms with Crippen LogP contribution in [0.1, 0.15) is 48.8 Å². The molecule has 0 radical (unpaired) electrons. The number of benzene rings is 4. The minimum absolute atomic E-state index is 0.0314. The van der Waals surface area contributed by atoms with E-state index in [9.17, 15) is 13.2 Å². The highest BCUT2D eigenvalue weighted by Crippen LogP contribution is 2.34. The molecule has 2 atom stereocenters. The number of hydrogen-bond acceptors (Lipinski definition) is 6. The molecule has 0 spiro atoms. The van der Waals surface area contributed by atoms with Gasteiger partial charge in [0.1, 0.15) is 6.04 Å². The minimum Gasteiger partial charge on any atom is -0.493 e. The van der Waals surface area contributed by atoms with E-state index in [1.807, 2.05) is 66.7 Å². The number of hydrogen-bond donors (Lipinski definition) is 1. The van der Waals surface area contributed by atoms with E-state index >= 15 is 0 Å². The van der Waals surface area contributed by atoms with Gasteiger partial charge in [-0.3, -0.25) is 4.79 Å². The largest absolute Gasteiger partial charge is 0.493 e. The Morgan fingerprint density at radius 2 is 1.31 bits per heavy atom. The number of amides is 1. The molecule has 2 unspecified atom stereocenters. The van der Waals surface area contributed by atoms with Gasteiger partial charge in [0.2, 0.25) is 15.9 Å². The molecule has 0 aliphatic carbocycles. The van der Waals surface area contributed by atoms with Crippen molar-refractivity contribution >= 4 is 15.9 Å². The van der Waals surface area contributed by atoms with Crippen LogP contribution in [0.2, 0.25) is 0 Å². The van der Waals surface area contributed by atoms with E-state index in [4.69, 9.17) is 14.2 Å². The maximum atomic E-state index is 14.2. The highest BCUT2D eigenvalue weighted by Gasteiger charge is 2.45. The molecule has 4 aromatic rings. The van der Waals surface area contributed by atoms with Crippen LogP contribution in [-0.2, 0) is 39.0 Å². The molecule has 1 saturated heterocycles. The van der Waals surface area contributed by atoms with Gasteiger partial charge >= 0.3 is 0 Å². The summed E-state index contributed by atoms with van der Waals surface area (Å²) in [7, 11) is -1.13. The summed E-state index contributed by atoms with van der Waals surface area (Å²) in [6, 6.07) is 33.9. The molecule has 0 bridgehead atoms. The van der Waals surface area contributed by atoms with E-state index in [0.717, 1.165) is 44.1 Å². The number of ether oxygens (including phenoxy) is 3. The molecule has 1 amide bonds. The lowest BCUT2D eigenvalue weighted by Gasteiger charge is -2.26. The van der Waals surface area contributed by atoms with Crippen LogP contribution in [0.5, 0.6) is 11.5 Å². The van der Waals surface area contributed by atoms with Gasteiger partial charge in [-0.25, -0.2) is 8.42 Å². The first-order valence-corrected chi connectivity index (χ1v) is 18.1. The van der Waals surface area contributed by atoms with Gasteiger partial charge in [0, 0.05) is 25.1 Å². The summed E-state index contributed by atoms with van der Waals surface area (Å²) in [5, 5.41) is 3.27. The summed E-state index contributed by atoms with van der Waals surface area (Å²) in [5.74, 6) is 0.423. The summed E-state index contributed by atoms with van der Waals surface area (Å²) in [5.41, 5.74) is 3.50. The van der Waals surface area contributed by atoms with Crippen molar-refractivity contribution in [1.82, 2.24) is 9.62 Å². The molecule has 1 fully saturated rings. The molecule has 1 aliphatic heterocycles. The number of carbonyl (C=O) groups is 1. The summed E-state index contributed by atoms with van der Waals surface area (Å²) in [6.07, 6.45) is 5.01. The third kappa shape index (κ3) is 9.46. The lowest BCUT2D eigenvalue weighted by Crippen LogP contribution is -2.48. The Morgan fingerprint density at radius 1 is 0.771 bits per heavy atom. The molecule has 1 heterocycles. The minimum atomic E-state index is -4.09. The molecule has 5 rings (SSSR count). The smallest absolute Gasteiger partial charge is 0.244 e. The van der Waals surface area contributed by atoms with Gasteiger partial charge in [0.25, 0.3) is 0 Å². The summed E-state index contributed by atoms with van der Waals surface area (Å²) < 4.78 is 46.6. The van der Waals surface area contributed by atoms with Crippen LogP contribution in [0, 0.1) is 0 Å². The fourth-order valence-electron chi connectivity index (χ4n) is 6.27. The Balaban J connectivity index is 1.34. The molecule has 254 valence electrons. The number of aryl methyl sites for hydroxylation is 2. The summed E-state index contributed by atoms with van der Waals surface area (Å²) in [4.78, 5) is 14.2. The van der Waals surface area contributed by atoms with Crippen LogP contribution in [-0.4, -0.2) is 57.6 Å². The van der Waals surface area contributed by atoms with Crippen molar-refractivity contribution in [3.63, 3.8) is 0 Å². The normalized spacial score (nSPS) is 16.6. The molecular weight excluding hydrogens is 625 g/mol. The van der Waals surface area contributed by atoms with E-state index in [-0.39, 0.29) is 29.8 Å². The third-order valence-corrected chi connectivity index (χ3v) is 10.7. The van der Waals surface area contributed by atoms with E-state index in [0.29, 0.717) is 18.1 Å². The van der Waals surface area contributed by atoms with Crippen molar-refractivity contribution in [2.24, 2.45) is 0 Å². The van der Waals surface area contributed by atoms with Gasteiger partial charge in [0.05, 0.1) is 31.8 Å². The predicted molar refractivity (Wildman–Crippen MR) is 188 cm³/mol. The Labute approximate surface area is 285 Å². The van der Waals surface area contributed by atoms with Gasteiger partial charge < -0.3 is 19.5 Å². The first-order chi connectivity index (χ1) is 23.4. The zero-order chi connectivity index (χ0) is 33.8. The molecule has 4 aromatic carbocycles. The van der Waals surface area contributed by atoms with Crippen LogP contribution in [0.25, 0.3) is 0 Å². The quantitative estimate of drug-likeness (QED) is 0.136. The van der Waals surface area contributed by atoms with Gasteiger partial charge in [-0.15, -0.1) is 0 Å². The summed E-state index contributed by atoms with van der Waals surface area (Å²) >= 11 is 0. The molecule has 0 saturated carbocycles. The second-order valence-corrected chi connectivity index (χ2v) is 14.1. The highest BCUT2D eigenvalue weighted by molar-refractivity contribution is 7.89. The first kappa shape index (κ1) is 35.1. The van der Waals surface area contributed by atoms with Crippen molar-refractivity contribution in [3.05, 3.63) is 126 Å². The standard InChI is InChI=1S/C39H46N2O6S/c1-45-37-25-24-35(27-38(37)46-2)48(43,44)41-28-34(47-29-32-18-10-5-11-19-32)26-36(41)39(42)40-33(22-12-20-30-14-6-3-7-15-30)23-13-21-31-16-8-4-9-17-31/h3-11,14-19,24-25,27,33-34,36H,12-13,20-23,26,28-29H2,1-2H3,(H,40,42). The van der Waals surface area contributed by atoms with Gasteiger partial charge in [-0.1, -0.05) is 91.0 Å². The van der Waals surface area contributed by atoms with Gasteiger partial charge in [0.15, 0.2) is 11.5 Å². The Bertz CT molecular complexity index is 1640. The average Bonchev–Trinajstić information content (AvgIpc) is 3.57. The number of nitrogens with zero attached hydrogens (tertiary/aromatic N) is 1. The van der Waals surface area contributed by atoms with Crippen molar-refractivity contribution in [3.8, 4) is 11.5 Å². The lowest BCUT2D eigenvalue weighted by molar-refractivity contribution is -0.125. The zero-order valence-corrected chi connectivity index (χ0v) is 28.6. The molecule has 0 aromatic heterocycles. The maximum absolute atomic E-state index is 14.2. The number of sulfonamides is 1. The molecule has 1 aliphatic rings. The Hall–Kier alpha value is -4.18. The van der Waals surface area contributed by atoms with E-state index in [1.54, 1.807) is 6.07 Å². The monoisotopic (exact) mass is 670 g/mol. The van der Waals surface area contributed by atoms with Crippen LogP contribution in [0.3, 0.4) is 0 Å². The Kier molecular flexibility index (Phi) is 12.7. The van der Waals surface area contributed by atoms with Crippen LogP contribution >= 0.6 is 0 Å².